The van der Waals surface area contributed by atoms with Crippen LogP contribution in [0.4, 0.5) is 0 Å². The third kappa shape index (κ3) is 2.50. The molecule has 0 amide bonds. The highest BCUT2D eigenvalue weighted by Gasteiger charge is 2.40. The first-order chi connectivity index (χ1) is 7.61. The van der Waals surface area contributed by atoms with Crippen molar-refractivity contribution in [2.24, 2.45) is 10.7 Å². The molecule has 6 heteroatoms. The normalized spacial score (nSPS) is 25.1. The Hall–Kier alpha value is -0.720. The Bertz CT molecular complexity index is 299. The average Bonchev–Trinajstić information content (AvgIpc) is 2.66. The highest BCUT2D eigenvalue weighted by Crippen LogP contribution is 2.31. The van der Waals surface area contributed by atoms with Gasteiger partial charge in [0, 0.05) is 25.9 Å². The minimum atomic E-state index is -0.354. The van der Waals surface area contributed by atoms with Gasteiger partial charge in [-0.05, 0) is 19.1 Å². The van der Waals surface area contributed by atoms with E-state index in [-0.39, 0.29) is 5.79 Å². The zero-order chi connectivity index (χ0) is 11.6. The Balaban J connectivity index is 1.90. The lowest BCUT2D eigenvalue weighted by Crippen LogP contribution is -2.46. The van der Waals surface area contributed by atoms with Gasteiger partial charge in [0.1, 0.15) is 0 Å². The van der Waals surface area contributed by atoms with E-state index in [1.54, 1.807) is 6.92 Å². The van der Waals surface area contributed by atoms with Gasteiger partial charge < -0.3 is 20.1 Å². The number of amidine groups is 1. The number of hydrogen-bond acceptors (Lipinski definition) is 3. The Morgan fingerprint density at radius 1 is 1.31 bits per heavy atom. The standard InChI is InChI=1S/C10H17N3O2S/c1-8(11)12-9(16)13-4-2-10(3-5-13)14-6-7-15-10/h2-7H2,1H3,(H2,11,12,16). The molecule has 2 fully saturated rings. The molecule has 0 bridgehead atoms. The van der Waals surface area contributed by atoms with Crippen LogP contribution in [0.5, 0.6) is 0 Å². The summed E-state index contributed by atoms with van der Waals surface area (Å²) in [6.45, 7) is 4.77. The third-order valence-electron chi connectivity index (χ3n) is 2.88. The van der Waals surface area contributed by atoms with Crippen molar-refractivity contribution in [2.45, 2.75) is 25.6 Å². The molecule has 2 aliphatic heterocycles. The van der Waals surface area contributed by atoms with Crippen molar-refractivity contribution in [2.75, 3.05) is 26.3 Å². The summed E-state index contributed by atoms with van der Waals surface area (Å²) < 4.78 is 11.3. The van der Waals surface area contributed by atoms with Crippen LogP contribution < -0.4 is 5.73 Å². The Labute approximate surface area is 101 Å². The molecule has 2 aliphatic rings. The van der Waals surface area contributed by atoms with Crippen LogP contribution in [-0.2, 0) is 9.47 Å². The van der Waals surface area contributed by atoms with Crippen molar-refractivity contribution < 1.29 is 9.47 Å². The number of hydrogen-bond donors (Lipinski definition) is 1. The second-order valence-electron chi connectivity index (χ2n) is 4.13. The highest BCUT2D eigenvalue weighted by atomic mass is 32.1. The SMILES string of the molecule is C/C(N)=N/C(=S)N1CCC2(CC1)OCCO2. The van der Waals surface area contributed by atoms with Gasteiger partial charge in [-0.3, -0.25) is 0 Å². The van der Waals surface area contributed by atoms with E-state index in [1.165, 1.54) is 0 Å². The van der Waals surface area contributed by atoms with Crippen LogP contribution in [0.3, 0.4) is 0 Å². The van der Waals surface area contributed by atoms with Crippen molar-refractivity contribution >= 4 is 23.2 Å². The van der Waals surface area contributed by atoms with Crippen LogP contribution >= 0.6 is 12.2 Å². The van der Waals surface area contributed by atoms with Gasteiger partial charge in [0.05, 0.1) is 19.0 Å². The first-order valence-corrected chi connectivity index (χ1v) is 5.90. The summed E-state index contributed by atoms with van der Waals surface area (Å²) in [5.74, 6) is 0.145. The maximum Gasteiger partial charge on any atom is 0.197 e. The van der Waals surface area contributed by atoms with Crippen LogP contribution in [0.2, 0.25) is 0 Å². The van der Waals surface area contributed by atoms with Crippen molar-refractivity contribution in [3.05, 3.63) is 0 Å². The lowest BCUT2D eigenvalue weighted by atomic mass is 10.0. The Morgan fingerprint density at radius 3 is 2.38 bits per heavy atom. The minimum absolute atomic E-state index is 0.354. The lowest BCUT2D eigenvalue weighted by molar-refractivity contribution is -0.180. The van der Waals surface area contributed by atoms with Crippen LogP contribution in [-0.4, -0.2) is 47.9 Å². The van der Waals surface area contributed by atoms with Crippen LogP contribution in [0.15, 0.2) is 4.99 Å². The molecule has 0 saturated carbocycles. The summed E-state index contributed by atoms with van der Waals surface area (Å²) in [4.78, 5) is 6.13. The zero-order valence-electron chi connectivity index (χ0n) is 9.44. The molecule has 16 heavy (non-hydrogen) atoms. The van der Waals surface area contributed by atoms with Gasteiger partial charge in [-0.25, -0.2) is 4.99 Å². The number of likely N-dealkylation sites (tertiary alicyclic amines) is 1. The molecule has 0 radical (unpaired) electrons. The monoisotopic (exact) mass is 243 g/mol. The van der Waals surface area contributed by atoms with E-state index < -0.39 is 0 Å². The van der Waals surface area contributed by atoms with Crippen molar-refractivity contribution in [3.8, 4) is 0 Å². The molecule has 90 valence electrons. The number of aliphatic imine (C=N–C) groups is 1. The van der Waals surface area contributed by atoms with Crippen LogP contribution in [0, 0.1) is 0 Å². The van der Waals surface area contributed by atoms with Gasteiger partial charge in [0.25, 0.3) is 0 Å². The van der Waals surface area contributed by atoms with Gasteiger partial charge in [-0.15, -0.1) is 0 Å². The largest absolute Gasteiger partial charge is 0.387 e. The van der Waals surface area contributed by atoms with Crippen LogP contribution in [0.1, 0.15) is 19.8 Å². The van der Waals surface area contributed by atoms with Gasteiger partial charge in [0.15, 0.2) is 10.9 Å². The number of piperidine rings is 1. The fourth-order valence-electron chi connectivity index (χ4n) is 2.05. The number of thiocarbonyl (C=S) groups is 1. The van der Waals surface area contributed by atoms with Gasteiger partial charge in [-0.2, -0.15) is 0 Å². The molecule has 2 saturated heterocycles. The van der Waals surface area contributed by atoms with E-state index in [2.05, 4.69) is 4.99 Å². The summed E-state index contributed by atoms with van der Waals surface area (Å²) in [7, 11) is 0. The second-order valence-corrected chi connectivity index (χ2v) is 4.50. The quantitative estimate of drug-likeness (QED) is 0.381. The van der Waals surface area contributed by atoms with Crippen molar-refractivity contribution in [1.29, 1.82) is 0 Å². The number of nitrogens with zero attached hydrogens (tertiary/aromatic N) is 2. The molecule has 0 aromatic heterocycles. The molecule has 2 rings (SSSR count). The Kier molecular flexibility index (Phi) is 3.41. The van der Waals surface area contributed by atoms with Gasteiger partial charge in [-0.1, -0.05) is 0 Å². The van der Waals surface area contributed by atoms with Gasteiger partial charge >= 0.3 is 0 Å². The molecule has 0 unspecified atom stereocenters. The van der Waals surface area contributed by atoms with Crippen molar-refractivity contribution in [3.63, 3.8) is 0 Å². The summed E-state index contributed by atoms with van der Waals surface area (Å²) in [6.07, 6.45) is 1.68. The molecule has 0 atom stereocenters. The molecule has 0 aromatic carbocycles. The molecule has 2 heterocycles. The summed E-state index contributed by atoms with van der Waals surface area (Å²) in [5.41, 5.74) is 5.50. The molecule has 0 aromatic rings. The first kappa shape index (κ1) is 11.8. The van der Waals surface area contributed by atoms with Gasteiger partial charge in [0.2, 0.25) is 0 Å². The first-order valence-electron chi connectivity index (χ1n) is 5.49. The highest BCUT2D eigenvalue weighted by molar-refractivity contribution is 7.80. The topological polar surface area (TPSA) is 60.1 Å². The average molecular weight is 243 g/mol. The van der Waals surface area contributed by atoms with E-state index in [0.717, 1.165) is 25.9 Å². The van der Waals surface area contributed by atoms with E-state index >= 15 is 0 Å². The molecule has 5 nitrogen and oxygen atoms in total. The number of nitrogens with two attached hydrogens (primary N) is 1. The predicted octanol–water partition coefficient (Wildman–Crippen LogP) is 0.487. The minimum Gasteiger partial charge on any atom is -0.387 e. The summed E-state index contributed by atoms with van der Waals surface area (Å²) in [5, 5.41) is 0.563. The molecule has 0 aliphatic carbocycles. The second kappa shape index (κ2) is 4.65. The van der Waals surface area contributed by atoms with Crippen LogP contribution in [0.25, 0.3) is 0 Å². The third-order valence-corrected chi connectivity index (χ3v) is 3.23. The van der Waals surface area contributed by atoms with E-state index in [0.29, 0.717) is 24.2 Å². The summed E-state index contributed by atoms with van der Waals surface area (Å²) >= 11 is 5.19. The van der Waals surface area contributed by atoms with E-state index in [4.69, 9.17) is 27.4 Å². The number of rotatable bonds is 0. The molecular formula is C10H17N3O2S. The fraction of sp³-hybridized carbons (Fsp3) is 0.800. The number of ether oxygens (including phenoxy) is 2. The maximum atomic E-state index is 5.64. The predicted molar refractivity (Wildman–Crippen MR) is 65.3 cm³/mol. The smallest absolute Gasteiger partial charge is 0.197 e. The molecular weight excluding hydrogens is 226 g/mol. The molecule has 1 spiro atoms. The fourth-order valence-corrected chi connectivity index (χ4v) is 2.37. The lowest BCUT2D eigenvalue weighted by Gasteiger charge is -2.37. The zero-order valence-corrected chi connectivity index (χ0v) is 10.3. The van der Waals surface area contributed by atoms with E-state index in [1.807, 2.05) is 4.90 Å². The summed E-state index contributed by atoms with van der Waals surface area (Å²) in [6, 6.07) is 0. The Morgan fingerprint density at radius 2 is 1.88 bits per heavy atom. The maximum absolute atomic E-state index is 5.64. The van der Waals surface area contributed by atoms with Crippen molar-refractivity contribution in [1.82, 2.24) is 4.90 Å². The van der Waals surface area contributed by atoms with E-state index in [9.17, 15) is 0 Å². The molecule has 2 N–H and O–H groups in total.